The zero-order valence-corrected chi connectivity index (χ0v) is 17.2. The van der Waals surface area contributed by atoms with Crippen LogP contribution in [0.25, 0.3) is 6.08 Å². The van der Waals surface area contributed by atoms with Crippen LogP contribution in [0.2, 0.25) is 0 Å². The largest absolute Gasteiger partial charge is 0.449 e. The lowest BCUT2D eigenvalue weighted by molar-refractivity contribution is -0.150. The highest BCUT2D eigenvalue weighted by atomic mass is 32.1. The minimum atomic E-state index is -0.918. The summed E-state index contributed by atoms with van der Waals surface area (Å²) in [7, 11) is 0. The molecule has 0 aliphatic heterocycles. The number of ether oxygens (including phenoxy) is 1. The van der Waals surface area contributed by atoms with E-state index in [1.54, 1.807) is 11.4 Å². The summed E-state index contributed by atoms with van der Waals surface area (Å²) in [5, 5.41) is 4.52. The summed E-state index contributed by atoms with van der Waals surface area (Å²) in [4.78, 5) is 41.1. The molecule has 1 aromatic heterocycles. The van der Waals surface area contributed by atoms with E-state index in [0.29, 0.717) is 12.2 Å². The SMILES string of the molecule is CCCNC(=O)[C@H](C)OC(=O)/C=C/c1csc(N(C(C)=O)c2ccccc2F)n1. The monoisotopic (exact) mass is 419 g/mol. The smallest absolute Gasteiger partial charge is 0.331 e. The second-order valence-corrected chi connectivity index (χ2v) is 6.90. The molecule has 0 fully saturated rings. The molecule has 1 heterocycles. The number of nitrogens with one attached hydrogen (secondary N) is 1. The van der Waals surface area contributed by atoms with Gasteiger partial charge in [-0.25, -0.2) is 14.2 Å². The first-order valence-corrected chi connectivity index (χ1v) is 9.88. The highest BCUT2D eigenvalue weighted by Crippen LogP contribution is 2.30. The predicted octanol–water partition coefficient (Wildman–Crippen LogP) is 3.44. The topological polar surface area (TPSA) is 88.6 Å². The van der Waals surface area contributed by atoms with Gasteiger partial charge in [0.15, 0.2) is 11.2 Å². The number of aromatic nitrogens is 1. The van der Waals surface area contributed by atoms with E-state index in [-0.39, 0.29) is 16.7 Å². The molecular formula is C20H22FN3O4S. The predicted molar refractivity (Wildman–Crippen MR) is 109 cm³/mol. The van der Waals surface area contributed by atoms with Gasteiger partial charge in [-0.2, -0.15) is 0 Å². The fourth-order valence-corrected chi connectivity index (χ4v) is 3.16. The normalized spacial score (nSPS) is 11.9. The van der Waals surface area contributed by atoms with Crippen LogP contribution in [0.15, 0.2) is 35.7 Å². The maximum atomic E-state index is 14.1. The lowest BCUT2D eigenvalue weighted by Crippen LogP contribution is -2.35. The molecule has 0 saturated heterocycles. The second kappa shape index (κ2) is 10.5. The summed E-state index contributed by atoms with van der Waals surface area (Å²) in [5.41, 5.74) is 0.490. The first-order chi connectivity index (χ1) is 13.8. The summed E-state index contributed by atoms with van der Waals surface area (Å²) in [6, 6.07) is 5.89. The lowest BCUT2D eigenvalue weighted by atomic mass is 10.3. The van der Waals surface area contributed by atoms with Crippen molar-refractivity contribution in [3.8, 4) is 0 Å². The summed E-state index contributed by atoms with van der Waals surface area (Å²) in [6.45, 7) is 5.22. The molecular weight excluding hydrogens is 397 g/mol. The molecule has 0 aliphatic carbocycles. The summed E-state index contributed by atoms with van der Waals surface area (Å²) < 4.78 is 19.1. The van der Waals surface area contributed by atoms with Gasteiger partial charge in [0.25, 0.3) is 5.91 Å². The molecule has 154 valence electrons. The van der Waals surface area contributed by atoms with Crippen LogP contribution >= 0.6 is 11.3 Å². The van der Waals surface area contributed by atoms with E-state index in [1.165, 1.54) is 38.1 Å². The number of nitrogens with zero attached hydrogens (tertiary/aromatic N) is 2. The molecule has 0 bridgehead atoms. The van der Waals surface area contributed by atoms with Crippen molar-refractivity contribution in [3.63, 3.8) is 0 Å². The first kappa shape index (κ1) is 22.2. The number of benzene rings is 1. The van der Waals surface area contributed by atoms with Gasteiger partial charge in [0.2, 0.25) is 5.91 Å². The third-order valence-electron chi connectivity index (χ3n) is 3.71. The molecule has 2 rings (SSSR count). The molecule has 7 nitrogen and oxygen atoms in total. The average molecular weight is 419 g/mol. The van der Waals surface area contributed by atoms with Crippen LogP contribution in [0.3, 0.4) is 0 Å². The maximum absolute atomic E-state index is 14.1. The van der Waals surface area contributed by atoms with Crippen molar-refractivity contribution in [2.45, 2.75) is 33.3 Å². The highest BCUT2D eigenvalue weighted by Gasteiger charge is 2.20. The maximum Gasteiger partial charge on any atom is 0.331 e. The van der Waals surface area contributed by atoms with E-state index in [9.17, 15) is 18.8 Å². The third-order valence-corrected chi connectivity index (χ3v) is 4.55. The number of hydrogen-bond acceptors (Lipinski definition) is 6. The van der Waals surface area contributed by atoms with Crippen molar-refractivity contribution in [1.29, 1.82) is 0 Å². The van der Waals surface area contributed by atoms with E-state index >= 15 is 0 Å². The summed E-state index contributed by atoms with van der Waals surface area (Å²) >= 11 is 1.13. The van der Waals surface area contributed by atoms with Crippen LogP contribution in [-0.4, -0.2) is 35.4 Å². The molecule has 9 heteroatoms. The Balaban J connectivity index is 2.07. The number of amides is 2. The van der Waals surface area contributed by atoms with Crippen LogP contribution in [0.1, 0.15) is 32.9 Å². The Hall–Kier alpha value is -3.07. The molecule has 0 saturated carbocycles. The Kier molecular flexibility index (Phi) is 8.02. The van der Waals surface area contributed by atoms with Gasteiger partial charge in [-0.05, 0) is 31.6 Å². The Morgan fingerprint density at radius 2 is 2.07 bits per heavy atom. The zero-order valence-electron chi connectivity index (χ0n) is 16.3. The van der Waals surface area contributed by atoms with Crippen LogP contribution in [0, 0.1) is 5.82 Å². The van der Waals surface area contributed by atoms with Crippen LogP contribution < -0.4 is 10.2 Å². The Bertz CT molecular complexity index is 913. The van der Waals surface area contributed by atoms with E-state index in [1.807, 2.05) is 6.92 Å². The molecule has 2 aromatic rings. The van der Waals surface area contributed by atoms with Gasteiger partial charge in [-0.15, -0.1) is 11.3 Å². The third kappa shape index (κ3) is 6.21. The summed E-state index contributed by atoms with van der Waals surface area (Å²) in [5.74, 6) is -2.01. The number of esters is 1. The van der Waals surface area contributed by atoms with Crippen molar-refractivity contribution in [1.82, 2.24) is 10.3 Å². The number of hydrogen-bond donors (Lipinski definition) is 1. The zero-order chi connectivity index (χ0) is 21.4. The first-order valence-electron chi connectivity index (χ1n) is 9.00. The fourth-order valence-electron chi connectivity index (χ4n) is 2.31. The van der Waals surface area contributed by atoms with Crippen molar-refractivity contribution >= 4 is 46.0 Å². The van der Waals surface area contributed by atoms with Crippen LogP contribution in [0.5, 0.6) is 0 Å². The number of para-hydroxylation sites is 1. The molecule has 2 amide bonds. The molecule has 0 radical (unpaired) electrons. The molecule has 0 aliphatic rings. The minimum Gasteiger partial charge on any atom is -0.449 e. The quantitative estimate of drug-likeness (QED) is 0.523. The molecule has 1 aromatic carbocycles. The van der Waals surface area contributed by atoms with E-state index in [0.717, 1.165) is 28.7 Å². The van der Waals surface area contributed by atoms with Gasteiger partial charge in [0, 0.05) is 24.9 Å². The number of rotatable bonds is 8. The molecule has 29 heavy (non-hydrogen) atoms. The van der Waals surface area contributed by atoms with Crippen molar-refractivity contribution in [2.24, 2.45) is 0 Å². The van der Waals surface area contributed by atoms with Gasteiger partial charge in [0.05, 0.1) is 11.4 Å². The highest BCUT2D eigenvalue weighted by molar-refractivity contribution is 7.14. The van der Waals surface area contributed by atoms with Crippen LogP contribution in [-0.2, 0) is 19.1 Å². The average Bonchev–Trinajstić information content (AvgIpc) is 3.14. The van der Waals surface area contributed by atoms with Gasteiger partial charge in [-0.3, -0.25) is 14.5 Å². The van der Waals surface area contributed by atoms with E-state index in [4.69, 9.17) is 4.74 Å². The molecule has 0 spiro atoms. The fraction of sp³-hybridized carbons (Fsp3) is 0.300. The number of thiazole rings is 1. The van der Waals surface area contributed by atoms with Gasteiger partial charge in [-0.1, -0.05) is 19.1 Å². The number of carbonyl (C=O) groups is 3. The van der Waals surface area contributed by atoms with Gasteiger partial charge < -0.3 is 10.1 Å². The molecule has 1 atom stereocenters. The Labute approximate surface area is 172 Å². The van der Waals surface area contributed by atoms with Crippen molar-refractivity contribution in [2.75, 3.05) is 11.4 Å². The molecule has 0 unspecified atom stereocenters. The number of halogens is 1. The van der Waals surface area contributed by atoms with E-state index < -0.39 is 23.8 Å². The number of anilines is 2. The summed E-state index contributed by atoms with van der Waals surface area (Å²) in [6.07, 6.45) is 2.41. The molecule has 1 N–H and O–H groups in total. The van der Waals surface area contributed by atoms with Gasteiger partial charge in [0.1, 0.15) is 5.82 Å². The Morgan fingerprint density at radius 1 is 1.34 bits per heavy atom. The minimum absolute atomic E-state index is 0.0937. The van der Waals surface area contributed by atoms with Crippen molar-refractivity contribution in [3.05, 3.63) is 47.2 Å². The Morgan fingerprint density at radius 3 is 2.72 bits per heavy atom. The van der Waals surface area contributed by atoms with Gasteiger partial charge >= 0.3 is 5.97 Å². The van der Waals surface area contributed by atoms with Crippen LogP contribution in [0.4, 0.5) is 15.2 Å². The van der Waals surface area contributed by atoms with Crippen molar-refractivity contribution < 1.29 is 23.5 Å². The lowest BCUT2D eigenvalue weighted by Gasteiger charge is -2.18. The standard InChI is InChI=1S/C20H22FN3O4S/c1-4-11-22-19(27)13(2)28-18(26)10-9-15-12-29-20(23-15)24(14(3)25)17-8-6-5-7-16(17)21/h5-10,12-13H,4,11H2,1-3H3,(H,22,27)/b10-9+/t13-/m0/s1. The number of carbonyl (C=O) groups excluding carboxylic acids is 3. The van der Waals surface area contributed by atoms with E-state index in [2.05, 4.69) is 10.3 Å². The second-order valence-electron chi connectivity index (χ2n) is 6.06.